The quantitative estimate of drug-likeness (QED) is 0.687. The number of amides is 2. The van der Waals surface area contributed by atoms with Crippen molar-refractivity contribution < 1.29 is 19.1 Å². The molecule has 8 heteroatoms. The standard InChI is InChI=1S/C20H29N3O4S/c1-4-18(24)22-10-7-21(8-11-22)9-12-23-19(25)14-28-20(23)16-13-15(26-2)5-6-17(16)27-3/h5-6,13,20H,4,7-12,14H2,1-3H3/t20-/m1/s1. The zero-order valence-corrected chi connectivity index (χ0v) is 17.7. The molecule has 2 aliphatic heterocycles. The number of ether oxygens (including phenoxy) is 2. The first-order valence-corrected chi connectivity index (χ1v) is 10.7. The van der Waals surface area contributed by atoms with E-state index in [9.17, 15) is 9.59 Å². The van der Waals surface area contributed by atoms with Gasteiger partial charge < -0.3 is 19.3 Å². The molecule has 2 aliphatic rings. The third kappa shape index (κ3) is 4.55. The van der Waals surface area contributed by atoms with E-state index in [1.165, 1.54) is 0 Å². The van der Waals surface area contributed by atoms with Crippen LogP contribution in [0.1, 0.15) is 24.3 Å². The molecule has 0 bridgehead atoms. The van der Waals surface area contributed by atoms with Crippen molar-refractivity contribution in [1.82, 2.24) is 14.7 Å². The predicted octanol–water partition coefficient (Wildman–Crippen LogP) is 1.83. The molecule has 2 fully saturated rings. The van der Waals surface area contributed by atoms with E-state index < -0.39 is 0 Å². The van der Waals surface area contributed by atoms with E-state index in [2.05, 4.69) is 4.90 Å². The number of rotatable bonds is 7. The van der Waals surface area contributed by atoms with E-state index in [1.54, 1.807) is 26.0 Å². The average Bonchev–Trinajstić information content (AvgIpc) is 3.11. The summed E-state index contributed by atoms with van der Waals surface area (Å²) in [6.45, 7) is 6.62. The molecule has 2 saturated heterocycles. The fourth-order valence-corrected chi connectivity index (χ4v) is 4.91. The van der Waals surface area contributed by atoms with Crippen LogP contribution in [0.2, 0.25) is 0 Å². The number of hydrogen-bond acceptors (Lipinski definition) is 6. The Morgan fingerprint density at radius 3 is 2.54 bits per heavy atom. The number of benzene rings is 1. The lowest BCUT2D eigenvalue weighted by Crippen LogP contribution is -2.50. The molecule has 1 aromatic carbocycles. The van der Waals surface area contributed by atoms with Gasteiger partial charge in [0.15, 0.2) is 0 Å². The Kier molecular flexibility index (Phi) is 7.07. The second kappa shape index (κ2) is 9.52. The van der Waals surface area contributed by atoms with Crippen LogP contribution in [0.15, 0.2) is 18.2 Å². The van der Waals surface area contributed by atoms with Crippen molar-refractivity contribution >= 4 is 23.6 Å². The van der Waals surface area contributed by atoms with Gasteiger partial charge in [-0.2, -0.15) is 0 Å². The molecule has 0 radical (unpaired) electrons. The van der Waals surface area contributed by atoms with E-state index in [1.807, 2.05) is 34.9 Å². The summed E-state index contributed by atoms with van der Waals surface area (Å²) in [6, 6.07) is 5.71. The maximum absolute atomic E-state index is 12.5. The number of carbonyl (C=O) groups is 2. The fraction of sp³-hybridized carbons (Fsp3) is 0.600. The van der Waals surface area contributed by atoms with Crippen LogP contribution < -0.4 is 9.47 Å². The fourth-order valence-electron chi connectivity index (χ4n) is 3.68. The van der Waals surface area contributed by atoms with E-state index >= 15 is 0 Å². The number of carbonyl (C=O) groups excluding carboxylic acids is 2. The molecule has 3 rings (SSSR count). The molecule has 28 heavy (non-hydrogen) atoms. The SMILES string of the molecule is CCC(=O)N1CCN(CCN2C(=O)CS[C@@H]2c2cc(OC)ccc2OC)CC1. The van der Waals surface area contributed by atoms with Crippen molar-refractivity contribution in [2.24, 2.45) is 0 Å². The summed E-state index contributed by atoms with van der Waals surface area (Å²) in [4.78, 5) is 30.5. The minimum atomic E-state index is -0.0690. The number of hydrogen-bond donors (Lipinski definition) is 0. The number of methoxy groups -OCH3 is 2. The van der Waals surface area contributed by atoms with Gasteiger partial charge in [0.25, 0.3) is 0 Å². The van der Waals surface area contributed by atoms with Gasteiger partial charge in [-0.15, -0.1) is 11.8 Å². The van der Waals surface area contributed by atoms with Crippen LogP contribution in [0, 0.1) is 0 Å². The second-order valence-electron chi connectivity index (χ2n) is 6.93. The van der Waals surface area contributed by atoms with Crippen LogP contribution in [-0.2, 0) is 9.59 Å². The van der Waals surface area contributed by atoms with Crippen LogP contribution in [0.5, 0.6) is 11.5 Å². The molecule has 0 aromatic heterocycles. The van der Waals surface area contributed by atoms with Crippen molar-refractivity contribution in [2.75, 3.05) is 59.2 Å². The number of piperazine rings is 1. The molecular weight excluding hydrogens is 378 g/mol. The topological polar surface area (TPSA) is 62.3 Å². The van der Waals surface area contributed by atoms with Gasteiger partial charge in [0.05, 0.1) is 20.0 Å². The zero-order chi connectivity index (χ0) is 20.1. The van der Waals surface area contributed by atoms with Gasteiger partial charge in [-0.3, -0.25) is 14.5 Å². The molecule has 0 saturated carbocycles. The van der Waals surface area contributed by atoms with Crippen molar-refractivity contribution in [3.05, 3.63) is 23.8 Å². The van der Waals surface area contributed by atoms with Crippen LogP contribution >= 0.6 is 11.8 Å². The Hall–Kier alpha value is -1.93. The maximum atomic E-state index is 12.5. The van der Waals surface area contributed by atoms with Crippen molar-refractivity contribution in [2.45, 2.75) is 18.7 Å². The first kappa shape index (κ1) is 20.8. The van der Waals surface area contributed by atoms with Gasteiger partial charge in [0, 0.05) is 51.3 Å². The largest absolute Gasteiger partial charge is 0.497 e. The van der Waals surface area contributed by atoms with Gasteiger partial charge in [-0.05, 0) is 18.2 Å². The molecule has 0 unspecified atom stereocenters. The minimum absolute atomic E-state index is 0.0690. The Labute approximate surface area is 170 Å². The highest BCUT2D eigenvalue weighted by atomic mass is 32.2. The average molecular weight is 408 g/mol. The van der Waals surface area contributed by atoms with Crippen molar-refractivity contribution in [3.8, 4) is 11.5 Å². The first-order valence-electron chi connectivity index (χ1n) is 9.70. The summed E-state index contributed by atoms with van der Waals surface area (Å²) in [7, 11) is 3.29. The van der Waals surface area contributed by atoms with Crippen LogP contribution in [0.4, 0.5) is 0 Å². The minimum Gasteiger partial charge on any atom is -0.497 e. The summed E-state index contributed by atoms with van der Waals surface area (Å²) in [5.41, 5.74) is 0.969. The van der Waals surface area contributed by atoms with E-state index in [4.69, 9.17) is 9.47 Å². The van der Waals surface area contributed by atoms with E-state index in [0.717, 1.165) is 49.8 Å². The molecule has 7 nitrogen and oxygen atoms in total. The van der Waals surface area contributed by atoms with E-state index in [0.29, 0.717) is 18.7 Å². The molecule has 2 heterocycles. The molecular formula is C20H29N3O4S. The van der Waals surface area contributed by atoms with Gasteiger partial charge in [-0.1, -0.05) is 6.92 Å². The summed E-state index contributed by atoms with van der Waals surface area (Å²) >= 11 is 1.62. The molecule has 0 aliphatic carbocycles. The molecule has 0 spiro atoms. The summed E-state index contributed by atoms with van der Waals surface area (Å²) < 4.78 is 10.9. The van der Waals surface area contributed by atoms with Crippen LogP contribution in [0.25, 0.3) is 0 Å². The van der Waals surface area contributed by atoms with Gasteiger partial charge in [-0.25, -0.2) is 0 Å². The predicted molar refractivity (Wildman–Crippen MR) is 110 cm³/mol. The monoisotopic (exact) mass is 407 g/mol. The number of thioether (sulfide) groups is 1. The molecule has 2 amide bonds. The highest BCUT2D eigenvalue weighted by molar-refractivity contribution is 8.00. The third-order valence-electron chi connectivity index (χ3n) is 5.36. The van der Waals surface area contributed by atoms with E-state index in [-0.39, 0.29) is 17.2 Å². The van der Waals surface area contributed by atoms with Crippen molar-refractivity contribution in [1.29, 1.82) is 0 Å². The Morgan fingerprint density at radius 1 is 1.14 bits per heavy atom. The molecule has 1 atom stereocenters. The lowest BCUT2D eigenvalue weighted by Gasteiger charge is -2.36. The smallest absolute Gasteiger partial charge is 0.233 e. The summed E-state index contributed by atoms with van der Waals surface area (Å²) in [5.74, 6) is 2.37. The van der Waals surface area contributed by atoms with Crippen molar-refractivity contribution in [3.63, 3.8) is 0 Å². The highest BCUT2D eigenvalue weighted by Gasteiger charge is 2.35. The van der Waals surface area contributed by atoms with Gasteiger partial charge in [0.2, 0.25) is 11.8 Å². The Bertz CT molecular complexity index is 707. The Morgan fingerprint density at radius 2 is 1.89 bits per heavy atom. The molecule has 1 aromatic rings. The van der Waals surface area contributed by atoms with Gasteiger partial charge in [0.1, 0.15) is 16.9 Å². The zero-order valence-electron chi connectivity index (χ0n) is 16.8. The maximum Gasteiger partial charge on any atom is 0.233 e. The van der Waals surface area contributed by atoms with Crippen LogP contribution in [0.3, 0.4) is 0 Å². The third-order valence-corrected chi connectivity index (χ3v) is 6.59. The summed E-state index contributed by atoms with van der Waals surface area (Å²) in [5, 5.41) is -0.0690. The second-order valence-corrected chi connectivity index (χ2v) is 8.00. The lowest BCUT2D eigenvalue weighted by molar-refractivity contribution is -0.132. The lowest BCUT2D eigenvalue weighted by atomic mass is 10.1. The van der Waals surface area contributed by atoms with Crippen LogP contribution in [-0.4, -0.2) is 85.8 Å². The summed E-state index contributed by atoms with van der Waals surface area (Å²) in [6.07, 6.45) is 0.559. The Balaban J connectivity index is 1.63. The van der Waals surface area contributed by atoms with Gasteiger partial charge >= 0.3 is 0 Å². The highest BCUT2D eigenvalue weighted by Crippen LogP contribution is 2.43. The normalized spacial score (nSPS) is 20.5. The number of nitrogens with zero attached hydrogens (tertiary/aromatic N) is 3. The molecule has 154 valence electrons. The molecule has 0 N–H and O–H groups in total. The first-order chi connectivity index (χ1) is 13.6.